The molecule has 0 radical (unpaired) electrons. The summed E-state index contributed by atoms with van der Waals surface area (Å²) in [7, 11) is 0. The lowest BCUT2D eigenvalue weighted by molar-refractivity contribution is 0.182. The zero-order chi connectivity index (χ0) is 15.0. The van der Waals surface area contributed by atoms with Gasteiger partial charge in [-0.15, -0.1) is 0 Å². The number of carboxylic acid groups (broad SMARTS) is 1. The quantitative estimate of drug-likeness (QED) is 0.757. The van der Waals surface area contributed by atoms with Gasteiger partial charge in [-0.05, 0) is 41.6 Å². The summed E-state index contributed by atoms with van der Waals surface area (Å²) < 4.78 is 2.51. The van der Waals surface area contributed by atoms with Gasteiger partial charge in [0.25, 0.3) is 0 Å². The molecule has 1 fully saturated rings. The molecule has 0 saturated heterocycles. The summed E-state index contributed by atoms with van der Waals surface area (Å²) in [6.07, 6.45) is 3.73. The molecule has 2 aromatic heterocycles. The van der Waals surface area contributed by atoms with Crippen LogP contribution in [0.5, 0.6) is 0 Å². The van der Waals surface area contributed by atoms with Gasteiger partial charge < -0.3 is 16.2 Å². The van der Waals surface area contributed by atoms with Crippen LogP contribution in [0, 0.1) is 0 Å². The molecule has 0 unspecified atom stereocenters. The summed E-state index contributed by atoms with van der Waals surface area (Å²) in [5.41, 5.74) is 6.58. The smallest absolute Gasteiger partial charge is 0.404 e. The predicted octanol–water partition coefficient (Wildman–Crippen LogP) is 1.92. The van der Waals surface area contributed by atoms with Crippen molar-refractivity contribution in [2.24, 2.45) is 0 Å². The van der Waals surface area contributed by atoms with E-state index >= 15 is 0 Å². The van der Waals surface area contributed by atoms with Gasteiger partial charge in [-0.2, -0.15) is 5.10 Å². The highest BCUT2D eigenvalue weighted by Crippen LogP contribution is 2.33. The van der Waals surface area contributed by atoms with Crippen molar-refractivity contribution in [2.75, 3.05) is 5.73 Å². The third-order valence-electron chi connectivity index (χ3n) is 3.85. The molecule has 2 heterocycles. The van der Waals surface area contributed by atoms with Crippen molar-refractivity contribution in [2.45, 2.75) is 37.8 Å². The fourth-order valence-corrected chi connectivity index (χ4v) is 3.40. The molecule has 0 spiro atoms. The first kappa shape index (κ1) is 14.1. The molecule has 1 aliphatic carbocycles. The summed E-state index contributed by atoms with van der Waals surface area (Å²) in [5.74, 6) is 0.402. The maximum atomic E-state index is 10.7. The van der Waals surface area contributed by atoms with Crippen molar-refractivity contribution in [1.82, 2.24) is 25.1 Å². The maximum absolute atomic E-state index is 10.7. The van der Waals surface area contributed by atoms with Gasteiger partial charge in [0.05, 0.1) is 11.4 Å². The normalized spacial score (nSPS) is 22.3. The van der Waals surface area contributed by atoms with Crippen LogP contribution in [-0.4, -0.2) is 37.0 Å². The molecule has 4 N–H and O–H groups in total. The molecule has 21 heavy (non-hydrogen) atoms. The van der Waals surface area contributed by atoms with Gasteiger partial charge in [0.15, 0.2) is 5.65 Å². The van der Waals surface area contributed by atoms with Gasteiger partial charge in [-0.25, -0.2) is 19.4 Å². The van der Waals surface area contributed by atoms with E-state index in [1.54, 1.807) is 0 Å². The molecule has 2 aromatic rings. The number of nitrogen functional groups attached to an aromatic ring is 1. The molecule has 1 saturated carbocycles. The second-order valence-electron chi connectivity index (χ2n) is 5.15. The number of anilines is 1. The Balaban J connectivity index is 1.83. The monoisotopic (exact) mass is 354 g/mol. The first-order valence-corrected chi connectivity index (χ1v) is 7.49. The number of aromatic nitrogens is 4. The number of rotatable bonds is 2. The van der Waals surface area contributed by atoms with Crippen LogP contribution in [0.2, 0.25) is 0 Å². The minimum Gasteiger partial charge on any atom is -0.465 e. The van der Waals surface area contributed by atoms with E-state index in [1.807, 2.05) is 4.68 Å². The van der Waals surface area contributed by atoms with E-state index in [0.29, 0.717) is 16.1 Å². The molecule has 112 valence electrons. The molecule has 0 aromatic carbocycles. The van der Waals surface area contributed by atoms with Crippen LogP contribution in [-0.2, 0) is 0 Å². The number of hydrogen-bond donors (Lipinski definition) is 3. The number of hydrogen-bond acceptors (Lipinski definition) is 5. The lowest BCUT2D eigenvalue weighted by atomic mass is 9.91. The van der Waals surface area contributed by atoms with Gasteiger partial charge in [0.1, 0.15) is 16.7 Å². The average molecular weight is 355 g/mol. The van der Waals surface area contributed by atoms with E-state index < -0.39 is 6.09 Å². The van der Waals surface area contributed by atoms with Gasteiger partial charge in [0, 0.05) is 6.04 Å². The second-order valence-corrected chi connectivity index (χ2v) is 5.90. The fourth-order valence-electron chi connectivity index (χ4n) is 2.85. The largest absolute Gasteiger partial charge is 0.465 e. The Hall–Kier alpha value is -1.90. The van der Waals surface area contributed by atoms with E-state index in [1.165, 1.54) is 6.33 Å². The van der Waals surface area contributed by atoms with Crippen molar-refractivity contribution in [3.63, 3.8) is 0 Å². The van der Waals surface area contributed by atoms with Gasteiger partial charge >= 0.3 is 6.09 Å². The van der Waals surface area contributed by atoms with Gasteiger partial charge in [-0.1, -0.05) is 0 Å². The Labute approximate surface area is 128 Å². The van der Waals surface area contributed by atoms with E-state index in [0.717, 1.165) is 31.1 Å². The summed E-state index contributed by atoms with van der Waals surface area (Å²) in [6.45, 7) is 0. The highest BCUT2D eigenvalue weighted by Gasteiger charge is 2.26. The Kier molecular flexibility index (Phi) is 3.66. The first-order chi connectivity index (χ1) is 10.1. The third-order valence-corrected chi connectivity index (χ3v) is 4.40. The van der Waals surface area contributed by atoms with Crippen molar-refractivity contribution in [1.29, 1.82) is 0 Å². The third kappa shape index (κ3) is 2.65. The van der Waals surface area contributed by atoms with E-state index in [-0.39, 0.29) is 12.1 Å². The van der Waals surface area contributed by atoms with Crippen LogP contribution >= 0.6 is 15.9 Å². The van der Waals surface area contributed by atoms with Gasteiger partial charge in [0.2, 0.25) is 0 Å². The molecular weight excluding hydrogens is 340 g/mol. The van der Waals surface area contributed by atoms with Gasteiger partial charge in [-0.3, -0.25) is 0 Å². The Morgan fingerprint density at radius 1 is 1.38 bits per heavy atom. The van der Waals surface area contributed by atoms with E-state index in [9.17, 15) is 4.79 Å². The number of amides is 1. The Bertz CT molecular complexity index is 680. The standard InChI is InChI=1S/C12H15BrN6O2/c13-9-8-10(14)15-5-16-11(8)19(18-9)7-3-1-6(2-4-7)17-12(20)21/h5-7,17H,1-4H2,(H,20,21)(H2,14,15,16)/t6-,7+. The molecule has 0 bridgehead atoms. The molecule has 0 atom stereocenters. The van der Waals surface area contributed by atoms with Crippen LogP contribution in [0.1, 0.15) is 31.7 Å². The van der Waals surface area contributed by atoms with Crippen molar-refractivity contribution < 1.29 is 9.90 Å². The molecule has 9 heteroatoms. The highest BCUT2D eigenvalue weighted by atomic mass is 79.9. The Morgan fingerprint density at radius 3 is 2.76 bits per heavy atom. The SMILES string of the molecule is Nc1ncnc2c1c(Br)nn2[C@H]1CC[C@@H](NC(=O)O)CC1. The Morgan fingerprint density at radius 2 is 2.10 bits per heavy atom. The van der Waals surface area contributed by atoms with Crippen molar-refractivity contribution in [3.05, 3.63) is 10.9 Å². The topological polar surface area (TPSA) is 119 Å². The minimum atomic E-state index is -0.966. The minimum absolute atomic E-state index is 0.0173. The van der Waals surface area contributed by atoms with Crippen molar-refractivity contribution in [3.8, 4) is 0 Å². The second kappa shape index (κ2) is 5.47. The summed E-state index contributed by atoms with van der Waals surface area (Å²) in [6, 6.07) is 0.212. The zero-order valence-corrected chi connectivity index (χ0v) is 12.7. The molecule has 3 rings (SSSR count). The highest BCUT2D eigenvalue weighted by molar-refractivity contribution is 9.10. The number of halogens is 1. The lowest BCUT2D eigenvalue weighted by Gasteiger charge is -2.28. The van der Waals surface area contributed by atoms with Crippen molar-refractivity contribution >= 4 is 38.9 Å². The number of nitrogens with one attached hydrogen (secondary N) is 1. The average Bonchev–Trinajstić information content (AvgIpc) is 2.78. The van der Waals surface area contributed by atoms with E-state index in [2.05, 4.69) is 36.3 Å². The van der Waals surface area contributed by atoms with Crippen LogP contribution in [0.3, 0.4) is 0 Å². The van der Waals surface area contributed by atoms with Crippen LogP contribution in [0.15, 0.2) is 10.9 Å². The summed E-state index contributed by atoms with van der Waals surface area (Å²) >= 11 is 3.40. The number of fused-ring (bicyclic) bond motifs is 1. The number of nitrogens with zero attached hydrogens (tertiary/aromatic N) is 4. The first-order valence-electron chi connectivity index (χ1n) is 6.70. The molecular formula is C12H15BrN6O2. The maximum Gasteiger partial charge on any atom is 0.404 e. The molecule has 0 aliphatic heterocycles. The van der Waals surface area contributed by atoms with E-state index in [4.69, 9.17) is 10.8 Å². The predicted molar refractivity (Wildman–Crippen MR) is 79.9 cm³/mol. The lowest BCUT2D eigenvalue weighted by Crippen LogP contribution is -2.37. The molecule has 1 amide bonds. The van der Waals surface area contributed by atoms with Crippen LogP contribution < -0.4 is 11.1 Å². The van der Waals surface area contributed by atoms with Crippen LogP contribution in [0.4, 0.5) is 10.6 Å². The molecule has 1 aliphatic rings. The molecule has 8 nitrogen and oxygen atoms in total. The number of nitrogens with two attached hydrogens (primary N) is 1. The number of carbonyl (C=O) groups is 1. The zero-order valence-electron chi connectivity index (χ0n) is 11.2. The fraction of sp³-hybridized carbons (Fsp3) is 0.500. The summed E-state index contributed by atoms with van der Waals surface area (Å²) in [5, 5.41) is 16.5. The van der Waals surface area contributed by atoms with Crippen LogP contribution in [0.25, 0.3) is 11.0 Å². The summed E-state index contributed by atoms with van der Waals surface area (Å²) in [4.78, 5) is 18.9.